The van der Waals surface area contributed by atoms with Gasteiger partial charge < -0.3 is 4.74 Å². The van der Waals surface area contributed by atoms with Crippen molar-refractivity contribution in [2.45, 2.75) is 11.9 Å². The molecule has 0 atom stereocenters. The Bertz CT molecular complexity index is 445. The van der Waals surface area contributed by atoms with Crippen molar-refractivity contribution in [3.8, 4) is 5.75 Å². The molecule has 0 aliphatic heterocycles. The van der Waals surface area contributed by atoms with Crippen LogP contribution < -0.4 is 4.74 Å². The van der Waals surface area contributed by atoms with E-state index in [-0.39, 0.29) is 0 Å². The number of alkyl halides is 1. The van der Waals surface area contributed by atoms with Crippen molar-refractivity contribution in [3.63, 3.8) is 0 Å². The number of halogens is 1. The van der Waals surface area contributed by atoms with E-state index in [1.54, 1.807) is 6.20 Å². The van der Waals surface area contributed by atoms with Crippen molar-refractivity contribution >= 4 is 15.9 Å². The average molecular weight is 278 g/mol. The van der Waals surface area contributed by atoms with E-state index in [1.165, 1.54) is 5.56 Å². The molecule has 0 amide bonds. The summed E-state index contributed by atoms with van der Waals surface area (Å²) in [6, 6.07) is 13.8. The monoisotopic (exact) mass is 277 g/mol. The third kappa shape index (κ3) is 3.07. The van der Waals surface area contributed by atoms with E-state index in [2.05, 4.69) is 27.0 Å². The molecule has 2 nitrogen and oxygen atoms in total. The summed E-state index contributed by atoms with van der Waals surface area (Å²) in [6.45, 7) is 0.507. The largest absolute Gasteiger partial charge is 0.487 e. The van der Waals surface area contributed by atoms with Gasteiger partial charge in [-0.3, -0.25) is 4.98 Å². The summed E-state index contributed by atoms with van der Waals surface area (Å²) in [5.74, 6) is 0.877. The molecule has 0 spiro atoms. The molecule has 82 valence electrons. The van der Waals surface area contributed by atoms with Crippen LogP contribution in [0.4, 0.5) is 0 Å². The molecule has 0 unspecified atom stereocenters. The summed E-state index contributed by atoms with van der Waals surface area (Å²) in [4.78, 5) is 4.20. The van der Waals surface area contributed by atoms with Crippen LogP contribution in [0.1, 0.15) is 11.3 Å². The maximum atomic E-state index is 5.65. The van der Waals surface area contributed by atoms with Crippen LogP contribution in [0.5, 0.6) is 5.75 Å². The average Bonchev–Trinajstić information content (AvgIpc) is 2.38. The Kier molecular flexibility index (Phi) is 3.94. The zero-order valence-corrected chi connectivity index (χ0v) is 10.4. The lowest BCUT2D eigenvalue weighted by Gasteiger charge is -2.06. The van der Waals surface area contributed by atoms with Gasteiger partial charge in [0.25, 0.3) is 0 Å². The highest BCUT2D eigenvalue weighted by atomic mass is 79.9. The molecule has 0 N–H and O–H groups in total. The Labute approximate surface area is 103 Å². The second-order valence-corrected chi connectivity index (χ2v) is 3.95. The van der Waals surface area contributed by atoms with Gasteiger partial charge >= 0.3 is 0 Å². The quantitative estimate of drug-likeness (QED) is 0.798. The first-order valence-corrected chi connectivity index (χ1v) is 6.18. The Balaban J connectivity index is 1.99. The highest BCUT2D eigenvalue weighted by molar-refractivity contribution is 9.08. The molecule has 2 rings (SSSR count). The zero-order chi connectivity index (χ0) is 11.2. The van der Waals surface area contributed by atoms with E-state index >= 15 is 0 Å². The first-order chi connectivity index (χ1) is 7.88. The van der Waals surface area contributed by atoms with Crippen molar-refractivity contribution in [3.05, 3.63) is 59.9 Å². The van der Waals surface area contributed by atoms with Crippen molar-refractivity contribution in [1.29, 1.82) is 0 Å². The van der Waals surface area contributed by atoms with Gasteiger partial charge in [-0.15, -0.1) is 0 Å². The molecular weight excluding hydrogens is 266 g/mol. The molecule has 0 saturated carbocycles. The van der Waals surface area contributed by atoms with Crippen LogP contribution in [-0.4, -0.2) is 4.98 Å². The maximum Gasteiger partial charge on any atom is 0.130 e. The molecule has 0 aliphatic rings. The number of nitrogens with zero attached hydrogens (tertiary/aromatic N) is 1. The lowest BCUT2D eigenvalue weighted by molar-refractivity contribution is 0.301. The fourth-order valence-electron chi connectivity index (χ4n) is 1.36. The Morgan fingerprint density at radius 2 is 2.06 bits per heavy atom. The Morgan fingerprint density at radius 1 is 1.12 bits per heavy atom. The van der Waals surface area contributed by atoms with Crippen LogP contribution >= 0.6 is 15.9 Å². The van der Waals surface area contributed by atoms with Crippen LogP contribution in [0, 0.1) is 0 Å². The van der Waals surface area contributed by atoms with Gasteiger partial charge in [-0.25, -0.2) is 0 Å². The topological polar surface area (TPSA) is 22.1 Å². The fourth-order valence-corrected chi connectivity index (χ4v) is 1.71. The minimum atomic E-state index is 0.507. The third-order valence-corrected chi connectivity index (χ3v) is 2.81. The van der Waals surface area contributed by atoms with Gasteiger partial charge in [0, 0.05) is 11.5 Å². The lowest BCUT2D eigenvalue weighted by atomic mass is 10.2. The molecule has 1 heterocycles. The number of pyridine rings is 1. The van der Waals surface area contributed by atoms with Gasteiger partial charge in [-0.2, -0.15) is 0 Å². The number of hydrogen-bond donors (Lipinski definition) is 0. The van der Waals surface area contributed by atoms with E-state index < -0.39 is 0 Å². The van der Waals surface area contributed by atoms with Crippen LogP contribution in [0.15, 0.2) is 48.7 Å². The van der Waals surface area contributed by atoms with Crippen molar-refractivity contribution in [1.82, 2.24) is 4.98 Å². The standard InChI is InChI=1S/C13H12BrNO/c14-9-11-4-3-6-13(8-11)16-10-12-5-1-2-7-15-12/h1-8H,9-10H2. The van der Waals surface area contributed by atoms with Crippen LogP contribution in [-0.2, 0) is 11.9 Å². The smallest absolute Gasteiger partial charge is 0.130 e. The SMILES string of the molecule is BrCc1cccc(OCc2ccccn2)c1. The summed E-state index contributed by atoms with van der Waals surface area (Å²) in [5.41, 5.74) is 2.14. The van der Waals surface area contributed by atoms with Gasteiger partial charge in [0.2, 0.25) is 0 Å². The number of aromatic nitrogens is 1. The maximum absolute atomic E-state index is 5.65. The molecule has 0 saturated heterocycles. The fraction of sp³-hybridized carbons (Fsp3) is 0.154. The van der Waals surface area contributed by atoms with Gasteiger partial charge in [0.05, 0.1) is 5.69 Å². The predicted octanol–water partition coefficient (Wildman–Crippen LogP) is 3.56. The minimum absolute atomic E-state index is 0.507. The molecule has 0 bridgehead atoms. The minimum Gasteiger partial charge on any atom is -0.487 e. The van der Waals surface area contributed by atoms with Gasteiger partial charge in [0.1, 0.15) is 12.4 Å². The highest BCUT2D eigenvalue weighted by Crippen LogP contribution is 2.16. The second kappa shape index (κ2) is 5.66. The second-order valence-electron chi connectivity index (χ2n) is 3.39. The first-order valence-electron chi connectivity index (χ1n) is 5.06. The number of benzene rings is 1. The molecular formula is C13H12BrNO. The van der Waals surface area contributed by atoms with Crippen molar-refractivity contribution < 1.29 is 4.74 Å². The van der Waals surface area contributed by atoms with Gasteiger partial charge in [-0.1, -0.05) is 34.1 Å². The van der Waals surface area contributed by atoms with E-state index in [1.807, 2.05) is 36.4 Å². The van der Waals surface area contributed by atoms with Gasteiger partial charge in [-0.05, 0) is 29.8 Å². The molecule has 1 aromatic heterocycles. The molecule has 3 heteroatoms. The number of rotatable bonds is 4. The summed E-state index contributed by atoms with van der Waals surface area (Å²) in [6.07, 6.45) is 1.77. The summed E-state index contributed by atoms with van der Waals surface area (Å²) in [5, 5.41) is 0.841. The molecule has 16 heavy (non-hydrogen) atoms. The Hall–Kier alpha value is -1.35. The molecule has 1 aromatic carbocycles. The summed E-state index contributed by atoms with van der Waals surface area (Å²) >= 11 is 3.42. The van der Waals surface area contributed by atoms with Crippen LogP contribution in [0.3, 0.4) is 0 Å². The van der Waals surface area contributed by atoms with Crippen LogP contribution in [0.2, 0.25) is 0 Å². The van der Waals surface area contributed by atoms with Crippen molar-refractivity contribution in [2.75, 3.05) is 0 Å². The number of hydrogen-bond acceptors (Lipinski definition) is 2. The zero-order valence-electron chi connectivity index (χ0n) is 8.77. The first kappa shape index (κ1) is 11.1. The van der Waals surface area contributed by atoms with Gasteiger partial charge in [0.15, 0.2) is 0 Å². The summed E-state index contributed by atoms with van der Waals surface area (Å²) in [7, 11) is 0. The number of ether oxygens (including phenoxy) is 1. The molecule has 0 fully saturated rings. The van der Waals surface area contributed by atoms with E-state index in [0.717, 1.165) is 16.8 Å². The normalized spacial score (nSPS) is 10.1. The van der Waals surface area contributed by atoms with E-state index in [9.17, 15) is 0 Å². The van der Waals surface area contributed by atoms with Crippen molar-refractivity contribution in [2.24, 2.45) is 0 Å². The molecule has 0 aliphatic carbocycles. The highest BCUT2D eigenvalue weighted by Gasteiger charge is 1.97. The lowest BCUT2D eigenvalue weighted by Crippen LogP contribution is -1.97. The predicted molar refractivity (Wildman–Crippen MR) is 67.6 cm³/mol. The van der Waals surface area contributed by atoms with Crippen LogP contribution in [0.25, 0.3) is 0 Å². The van der Waals surface area contributed by atoms with E-state index in [0.29, 0.717) is 6.61 Å². The third-order valence-electron chi connectivity index (χ3n) is 2.17. The Morgan fingerprint density at radius 3 is 2.81 bits per heavy atom. The summed E-state index contributed by atoms with van der Waals surface area (Å²) < 4.78 is 5.65. The molecule has 2 aromatic rings. The molecule has 0 radical (unpaired) electrons. The van der Waals surface area contributed by atoms with E-state index in [4.69, 9.17) is 4.74 Å².